The van der Waals surface area contributed by atoms with Gasteiger partial charge in [-0.15, -0.1) is 0 Å². The first-order valence-corrected chi connectivity index (χ1v) is 9.34. The molecule has 26 heavy (non-hydrogen) atoms. The van der Waals surface area contributed by atoms with Crippen molar-refractivity contribution in [2.45, 2.75) is 27.7 Å². The second-order valence-corrected chi connectivity index (χ2v) is 7.46. The molecule has 3 rings (SSSR count). The lowest BCUT2D eigenvalue weighted by Crippen LogP contribution is -2.13. The number of aromatic nitrogens is 1. The van der Waals surface area contributed by atoms with Crippen molar-refractivity contribution in [3.05, 3.63) is 81.1 Å². The number of ketones is 1. The highest BCUT2D eigenvalue weighted by atomic mass is 79.9. The van der Waals surface area contributed by atoms with Crippen LogP contribution in [0.1, 0.15) is 32.9 Å². The molecular weight excluding hydrogens is 390 g/mol. The molecule has 0 bridgehead atoms. The summed E-state index contributed by atoms with van der Waals surface area (Å²) in [5.41, 5.74) is 6.18. The second-order valence-electron chi connectivity index (χ2n) is 6.61. The first-order valence-electron chi connectivity index (χ1n) is 8.55. The van der Waals surface area contributed by atoms with Crippen LogP contribution in [-0.4, -0.2) is 17.0 Å². The molecule has 0 radical (unpaired) electrons. The van der Waals surface area contributed by atoms with Crippen LogP contribution in [0.25, 0.3) is 5.69 Å². The van der Waals surface area contributed by atoms with Crippen molar-refractivity contribution in [3.8, 4) is 11.4 Å². The third-order valence-electron chi connectivity index (χ3n) is 4.39. The topological polar surface area (TPSA) is 31.2 Å². The molecule has 0 unspecified atom stereocenters. The normalized spacial score (nSPS) is 10.8. The Kier molecular flexibility index (Phi) is 5.33. The van der Waals surface area contributed by atoms with E-state index >= 15 is 0 Å². The molecule has 0 aliphatic heterocycles. The number of hydrogen-bond acceptors (Lipinski definition) is 2. The molecule has 4 heteroatoms. The lowest BCUT2D eigenvalue weighted by atomic mass is 10.1. The molecule has 2 aromatic carbocycles. The van der Waals surface area contributed by atoms with Gasteiger partial charge in [0, 0.05) is 22.6 Å². The van der Waals surface area contributed by atoms with Gasteiger partial charge in [0.25, 0.3) is 0 Å². The molecule has 1 heterocycles. The molecular formula is C22H22BrNO2. The van der Waals surface area contributed by atoms with Gasteiger partial charge in [0.1, 0.15) is 5.75 Å². The quantitative estimate of drug-likeness (QED) is 0.501. The van der Waals surface area contributed by atoms with Gasteiger partial charge in [-0.3, -0.25) is 4.79 Å². The molecule has 0 spiro atoms. The summed E-state index contributed by atoms with van der Waals surface area (Å²) in [6.45, 7) is 8.19. The third-order valence-corrected chi connectivity index (χ3v) is 5.05. The number of carbonyl (C=O) groups is 1. The zero-order valence-corrected chi connectivity index (χ0v) is 17.1. The minimum absolute atomic E-state index is 0.0136. The molecule has 0 fully saturated rings. The second kappa shape index (κ2) is 7.50. The monoisotopic (exact) mass is 411 g/mol. The van der Waals surface area contributed by atoms with Crippen LogP contribution in [0.4, 0.5) is 0 Å². The maximum atomic E-state index is 12.7. The van der Waals surface area contributed by atoms with E-state index < -0.39 is 0 Å². The largest absolute Gasteiger partial charge is 0.484 e. The highest BCUT2D eigenvalue weighted by molar-refractivity contribution is 9.10. The van der Waals surface area contributed by atoms with E-state index in [1.54, 1.807) is 0 Å². The SMILES string of the molecule is Cc1cc(C)cc(-n2c(C)cc(C(=O)COc3ccccc3Br)c2C)c1. The Morgan fingerprint density at radius 1 is 1.00 bits per heavy atom. The molecule has 0 amide bonds. The summed E-state index contributed by atoms with van der Waals surface area (Å²) >= 11 is 3.44. The van der Waals surface area contributed by atoms with Gasteiger partial charge in [-0.1, -0.05) is 18.2 Å². The number of nitrogens with zero attached hydrogens (tertiary/aromatic N) is 1. The summed E-state index contributed by atoms with van der Waals surface area (Å²) in [4.78, 5) is 12.7. The lowest BCUT2D eigenvalue weighted by Gasteiger charge is -2.12. The summed E-state index contributed by atoms with van der Waals surface area (Å²) in [7, 11) is 0. The predicted molar refractivity (Wildman–Crippen MR) is 109 cm³/mol. The number of Topliss-reactive ketones (excluding diaryl/α,β-unsaturated/α-hetero) is 1. The van der Waals surface area contributed by atoms with E-state index in [4.69, 9.17) is 4.74 Å². The summed E-state index contributed by atoms with van der Waals surface area (Å²) in [5.74, 6) is 0.647. The van der Waals surface area contributed by atoms with Gasteiger partial charge >= 0.3 is 0 Å². The molecule has 3 aromatic rings. The number of rotatable bonds is 5. The minimum Gasteiger partial charge on any atom is -0.484 e. The lowest BCUT2D eigenvalue weighted by molar-refractivity contribution is 0.0920. The fourth-order valence-electron chi connectivity index (χ4n) is 3.30. The Hall–Kier alpha value is -2.33. The first kappa shape index (κ1) is 18.5. The average molecular weight is 412 g/mol. The van der Waals surface area contributed by atoms with Crippen LogP contribution in [-0.2, 0) is 0 Å². The number of halogens is 1. The van der Waals surface area contributed by atoms with Crippen molar-refractivity contribution < 1.29 is 9.53 Å². The van der Waals surface area contributed by atoms with Crippen LogP contribution >= 0.6 is 15.9 Å². The van der Waals surface area contributed by atoms with Crippen molar-refractivity contribution in [2.75, 3.05) is 6.61 Å². The van der Waals surface area contributed by atoms with Crippen LogP contribution in [0.3, 0.4) is 0 Å². The smallest absolute Gasteiger partial charge is 0.202 e. The Morgan fingerprint density at radius 3 is 2.31 bits per heavy atom. The van der Waals surface area contributed by atoms with Gasteiger partial charge in [0.2, 0.25) is 5.78 Å². The van der Waals surface area contributed by atoms with Crippen molar-refractivity contribution in [3.63, 3.8) is 0 Å². The maximum absolute atomic E-state index is 12.7. The fourth-order valence-corrected chi connectivity index (χ4v) is 3.70. The van der Waals surface area contributed by atoms with E-state index in [-0.39, 0.29) is 12.4 Å². The van der Waals surface area contributed by atoms with Gasteiger partial charge in [0.15, 0.2) is 6.61 Å². The standard InChI is InChI=1S/C22H22BrNO2/c1-14-9-15(2)11-18(10-14)24-16(3)12-19(17(24)4)21(25)13-26-22-8-6-5-7-20(22)23/h5-12H,13H2,1-4H3. The highest BCUT2D eigenvalue weighted by Crippen LogP contribution is 2.26. The Morgan fingerprint density at radius 2 is 1.65 bits per heavy atom. The number of aryl methyl sites for hydroxylation is 3. The van der Waals surface area contributed by atoms with E-state index in [9.17, 15) is 4.79 Å². The number of benzene rings is 2. The third kappa shape index (κ3) is 3.75. The fraction of sp³-hybridized carbons (Fsp3) is 0.227. The summed E-state index contributed by atoms with van der Waals surface area (Å²) in [6.07, 6.45) is 0. The maximum Gasteiger partial charge on any atom is 0.202 e. The zero-order chi connectivity index (χ0) is 18.8. The van der Waals surface area contributed by atoms with Crippen LogP contribution < -0.4 is 4.74 Å². The van der Waals surface area contributed by atoms with E-state index in [1.165, 1.54) is 11.1 Å². The van der Waals surface area contributed by atoms with Crippen molar-refractivity contribution in [1.29, 1.82) is 0 Å². The number of ether oxygens (including phenoxy) is 1. The van der Waals surface area contributed by atoms with Gasteiger partial charge in [-0.05, 0) is 85.1 Å². The molecule has 3 nitrogen and oxygen atoms in total. The van der Waals surface area contributed by atoms with E-state index in [0.717, 1.165) is 21.5 Å². The molecule has 0 saturated heterocycles. The molecule has 0 saturated carbocycles. The van der Waals surface area contributed by atoms with Gasteiger partial charge < -0.3 is 9.30 Å². The summed E-state index contributed by atoms with van der Waals surface area (Å²) in [5, 5.41) is 0. The van der Waals surface area contributed by atoms with E-state index in [0.29, 0.717) is 11.3 Å². The molecule has 0 aliphatic rings. The Labute approximate surface area is 162 Å². The van der Waals surface area contributed by atoms with Crippen molar-refractivity contribution in [1.82, 2.24) is 4.57 Å². The first-order chi connectivity index (χ1) is 12.4. The van der Waals surface area contributed by atoms with Gasteiger partial charge in [0.05, 0.1) is 4.47 Å². The minimum atomic E-state index is -0.0236. The summed E-state index contributed by atoms with van der Waals surface area (Å²) in [6, 6.07) is 15.9. The van der Waals surface area contributed by atoms with Crippen LogP contribution in [0.5, 0.6) is 5.75 Å². The van der Waals surface area contributed by atoms with Gasteiger partial charge in [-0.25, -0.2) is 0 Å². The van der Waals surface area contributed by atoms with Gasteiger partial charge in [-0.2, -0.15) is 0 Å². The number of para-hydroxylation sites is 1. The Bertz CT molecular complexity index is 952. The van der Waals surface area contributed by atoms with Crippen molar-refractivity contribution >= 4 is 21.7 Å². The molecule has 0 atom stereocenters. The average Bonchev–Trinajstić information content (AvgIpc) is 2.87. The Balaban J connectivity index is 1.87. The highest BCUT2D eigenvalue weighted by Gasteiger charge is 2.18. The predicted octanol–water partition coefficient (Wildman–Crippen LogP) is 5.74. The van der Waals surface area contributed by atoms with Crippen LogP contribution in [0.15, 0.2) is 53.0 Å². The summed E-state index contributed by atoms with van der Waals surface area (Å²) < 4.78 is 8.67. The number of carbonyl (C=O) groups excluding carboxylic acids is 1. The van der Waals surface area contributed by atoms with Crippen molar-refractivity contribution in [2.24, 2.45) is 0 Å². The van der Waals surface area contributed by atoms with E-state index in [1.807, 2.05) is 44.2 Å². The molecule has 1 aromatic heterocycles. The molecule has 0 N–H and O–H groups in total. The van der Waals surface area contributed by atoms with E-state index in [2.05, 4.69) is 52.5 Å². The zero-order valence-electron chi connectivity index (χ0n) is 15.5. The van der Waals surface area contributed by atoms with Crippen LogP contribution in [0.2, 0.25) is 0 Å². The van der Waals surface area contributed by atoms with Crippen LogP contribution in [0, 0.1) is 27.7 Å². The molecule has 0 aliphatic carbocycles. The number of hydrogen-bond donors (Lipinski definition) is 0. The molecule has 134 valence electrons.